The molecule has 0 atom stereocenters. The topological polar surface area (TPSA) is 65.7 Å². The van der Waals surface area contributed by atoms with Gasteiger partial charge in [0.2, 0.25) is 0 Å². The number of allylic oxidation sites excluding steroid dienone is 1. The molecule has 0 spiro atoms. The van der Waals surface area contributed by atoms with Gasteiger partial charge in [0, 0.05) is 12.1 Å². The quantitative estimate of drug-likeness (QED) is 0.404. The van der Waals surface area contributed by atoms with Crippen molar-refractivity contribution in [3.05, 3.63) is 76.2 Å². The Bertz CT molecular complexity index is 1000. The average molecular weight is 336 g/mol. The molecule has 0 N–H and O–H groups in total. The third kappa shape index (κ3) is 3.45. The number of carbonyl (C=O) groups excluding carboxylic acids is 1. The Balaban J connectivity index is 2.04. The molecule has 0 saturated carbocycles. The summed E-state index contributed by atoms with van der Waals surface area (Å²) in [6, 6.07) is 14.1. The van der Waals surface area contributed by atoms with Gasteiger partial charge in [-0.3, -0.25) is 4.79 Å². The van der Waals surface area contributed by atoms with Gasteiger partial charge in [-0.25, -0.2) is 4.79 Å². The van der Waals surface area contributed by atoms with E-state index in [1.807, 2.05) is 30.3 Å². The first-order chi connectivity index (χ1) is 12.1. The summed E-state index contributed by atoms with van der Waals surface area (Å²) in [5.74, 6) is 0.520. The van der Waals surface area contributed by atoms with Gasteiger partial charge in [-0.1, -0.05) is 36.4 Å². The molecule has 1 aromatic heterocycles. The fourth-order valence-corrected chi connectivity index (χ4v) is 2.45. The Morgan fingerprint density at radius 1 is 1.04 bits per heavy atom. The smallest absolute Gasteiger partial charge is 0.347 e. The first-order valence-corrected chi connectivity index (χ1v) is 7.59. The predicted octanol–water partition coefficient (Wildman–Crippen LogP) is 3.71. The Kier molecular flexibility index (Phi) is 4.66. The summed E-state index contributed by atoms with van der Waals surface area (Å²) in [5, 5.41) is 0.527. The number of ether oxygens (including phenoxy) is 2. The summed E-state index contributed by atoms with van der Waals surface area (Å²) in [4.78, 5) is 24.6. The Morgan fingerprint density at radius 2 is 1.80 bits per heavy atom. The lowest BCUT2D eigenvalue weighted by Crippen LogP contribution is -2.12. The van der Waals surface area contributed by atoms with Crippen LogP contribution in [0.4, 0.5) is 0 Å². The van der Waals surface area contributed by atoms with Crippen molar-refractivity contribution < 1.29 is 18.7 Å². The first kappa shape index (κ1) is 16.5. The van der Waals surface area contributed by atoms with Gasteiger partial charge in [-0.15, -0.1) is 0 Å². The van der Waals surface area contributed by atoms with Crippen LogP contribution in [-0.2, 0) is 0 Å². The zero-order valence-corrected chi connectivity index (χ0v) is 13.8. The number of fused-ring (bicyclic) bond motifs is 1. The first-order valence-electron chi connectivity index (χ1n) is 7.59. The molecule has 0 fully saturated rings. The van der Waals surface area contributed by atoms with Gasteiger partial charge in [0.1, 0.15) is 22.6 Å². The molecule has 5 heteroatoms. The number of benzene rings is 2. The lowest BCUT2D eigenvalue weighted by molar-refractivity contribution is 0.104. The lowest BCUT2D eigenvalue weighted by Gasteiger charge is -2.08. The minimum Gasteiger partial charge on any atom is -0.496 e. The van der Waals surface area contributed by atoms with Crippen molar-refractivity contribution in [1.82, 2.24) is 0 Å². The number of ketones is 1. The maximum atomic E-state index is 12.4. The predicted molar refractivity (Wildman–Crippen MR) is 95.4 cm³/mol. The largest absolute Gasteiger partial charge is 0.496 e. The highest BCUT2D eigenvalue weighted by Crippen LogP contribution is 2.30. The summed E-state index contributed by atoms with van der Waals surface area (Å²) in [6.45, 7) is 0. The minimum absolute atomic E-state index is 0.0526. The van der Waals surface area contributed by atoms with Crippen molar-refractivity contribution in [1.29, 1.82) is 0 Å². The molecule has 2 aromatic carbocycles. The number of methoxy groups -OCH3 is 2. The van der Waals surface area contributed by atoms with Crippen LogP contribution in [0.15, 0.2) is 63.8 Å². The number of hydrogen-bond acceptors (Lipinski definition) is 5. The zero-order valence-electron chi connectivity index (χ0n) is 13.8. The monoisotopic (exact) mass is 336 g/mol. The molecule has 25 heavy (non-hydrogen) atoms. The second-order valence-electron chi connectivity index (χ2n) is 5.30. The van der Waals surface area contributed by atoms with Crippen molar-refractivity contribution in [2.75, 3.05) is 14.2 Å². The number of hydrogen-bond donors (Lipinski definition) is 0. The zero-order chi connectivity index (χ0) is 17.8. The van der Waals surface area contributed by atoms with E-state index < -0.39 is 11.4 Å². The van der Waals surface area contributed by atoms with Gasteiger partial charge in [0.25, 0.3) is 0 Å². The fraction of sp³-hybridized carbons (Fsp3) is 0.100. The number of carbonyl (C=O) groups is 1. The highest BCUT2D eigenvalue weighted by Gasteiger charge is 2.15. The molecule has 1 heterocycles. The van der Waals surface area contributed by atoms with Crippen LogP contribution < -0.4 is 15.1 Å². The van der Waals surface area contributed by atoms with Gasteiger partial charge in [0.05, 0.1) is 19.6 Å². The molecule has 0 aliphatic carbocycles. The summed E-state index contributed by atoms with van der Waals surface area (Å²) < 4.78 is 15.7. The van der Waals surface area contributed by atoms with E-state index in [0.29, 0.717) is 22.5 Å². The fourth-order valence-electron chi connectivity index (χ4n) is 2.45. The van der Waals surface area contributed by atoms with Crippen LogP contribution in [0.25, 0.3) is 17.0 Å². The highest BCUT2D eigenvalue weighted by molar-refractivity contribution is 6.08. The summed E-state index contributed by atoms with van der Waals surface area (Å²) >= 11 is 0. The summed E-state index contributed by atoms with van der Waals surface area (Å²) in [6.07, 6.45) is 3.00. The van der Waals surface area contributed by atoms with Crippen LogP contribution in [-0.4, -0.2) is 20.0 Å². The van der Waals surface area contributed by atoms with Crippen LogP contribution >= 0.6 is 0 Å². The van der Waals surface area contributed by atoms with E-state index in [2.05, 4.69) is 0 Å². The average Bonchev–Trinajstić information content (AvgIpc) is 2.65. The molecular weight excluding hydrogens is 320 g/mol. The number of rotatable bonds is 5. The molecule has 0 radical (unpaired) electrons. The van der Waals surface area contributed by atoms with Gasteiger partial charge < -0.3 is 13.9 Å². The van der Waals surface area contributed by atoms with Gasteiger partial charge in [0.15, 0.2) is 5.78 Å². The van der Waals surface area contributed by atoms with E-state index in [0.717, 1.165) is 5.56 Å². The SMILES string of the molecule is COc1cc(OC)c2cc(C(=O)C=Cc3ccccc3)c(=O)oc2c1. The van der Waals surface area contributed by atoms with Gasteiger partial charge in [-0.05, 0) is 17.7 Å². The highest BCUT2D eigenvalue weighted by atomic mass is 16.5. The molecule has 0 aliphatic heterocycles. The third-order valence-electron chi connectivity index (χ3n) is 3.74. The van der Waals surface area contributed by atoms with Crippen molar-refractivity contribution in [2.24, 2.45) is 0 Å². The molecule has 0 unspecified atom stereocenters. The lowest BCUT2D eigenvalue weighted by atomic mass is 10.1. The van der Waals surface area contributed by atoms with E-state index in [9.17, 15) is 9.59 Å². The van der Waals surface area contributed by atoms with E-state index >= 15 is 0 Å². The second-order valence-corrected chi connectivity index (χ2v) is 5.30. The molecule has 0 amide bonds. The maximum absolute atomic E-state index is 12.4. The van der Waals surface area contributed by atoms with E-state index in [1.165, 1.54) is 26.4 Å². The molecule has 0 aliphatic rings. The Morgan fingerprint density at radius 3 is 2.48 bits per heavy atom. The van der Waals surface area contributed by atoms with Crippen molar-refractivity contribution in [3.63, 3.8) is 0 Å². The molecule has 3 aromatic rings. The van der Waals surface area contributed by atoms with Crippen molar-refractivity contribution >= 4 is 22.8 Å². The standard InChI is InChI=1S/C20H16O5/c1-23-14-10-18(24-2)16-12-15(20(22)25-19(16)11-14)17(21)9-8-13-6-4-3-5-7-13/h3-12H,1-2H3. The second kappa shape index (κ2) is 7.05. The molecule has 3 rings (SSSR count). The Labute approximate surface area is 144 Å². The van der Waals surface area contributed by atoms with Crippen molar-refractivity contribution in [3.8, 4) is 11.5 Å². The van der Waals surface area contributed by atoms with Crippen LogP contribution in [0.5, 0.6) is 11.5 Å². The molecule has 126 valence electrons. The summed E-state index contributed by atoms with van der Waals surface area (Å²) in [5.41, 5.74) is 0.404. The third-order valence-corrected chi connectivity index (χ3v) is 3.74. The molecule has 0 bridgehead atoms. The normalized spacial score (nSPS) is 11.0. The van der Waals surface area contributed by atoms with Crippen LogP contribution in [0.1, 0.15) is 15.9 Å². The van der Waals surface area contributed by atoms with Crippen molar-refractivity contribution in [2.45, 2.75) is 0 Å². The van der Waals surface area contributed by atoms with E-state index in [-0.39, 0.29) is 5.56 Å². The van der Waals surface area contributed by atoms with Gasteiger partial charge in [-0.2, -0.15) is 0 Å². The van der Waals surface area contributed by atoms with Crippen LogP contribution in [0.3, 0.4) is 0 Å². The molecular formula is C20H16O5. The van der Waals surface area contributed by atoms with Gasteiger partial charge >= 0.3 is 5.63 Å². The van der Waals surface area contributed by atoms with E-state index in [4.69, 9.17) is 13.9 Å². The van der Waals surface area contributed by atoms with E-state index in [1.54, 1.807) is 18.2 Å². The Hall–Kier alpha value is -3.34. The summed E-state index contributed by atoms with van der Waals surface area (Å²) in [7, 11) is 3.00. The van der Waals surface area contributed by atoms with Crippen LogP contribution in [0.2, 0.25) is 0 Å². The molecule has 5 nitrogen and oxygen atoms in total. The minimum atomic E-state index is -0.703. The maximum Gasteiger partial charge on any atom is 0.347 e. The van der Waals surface area contributed by atoms with Crippen LogP contribution in [0, 0.1) is 0 Å². The molecule has 0 saturated heterocycles.